The lowest BCUT2D eigenvalue weighted by atomic mass is 9.98. The lowest BCUT2D eigenvalue weighted by Crippen LogP contribution is -2.44. The molecule has 0 radical (unpaired) electrons. The van der Waals surface area contributed by atoms with Crippen LogP contribution in [0.4, 0.5) is 4.79 Å². The second-order valence-electron chi connectivity index (χ2n) is 7.00. The Morgan fingerprint density at radius 3 is 2.64 bits per heavy atom. The van der Waals surface area contributed by atoms with E-state index in [1.54, 1.807) is 4.90 Å². The maximum Gasteiger partial charge on any atom is 0.325 e. The van der Waals surface area contributed by atoms with Crippen molar-refractivity contribution < 1.29 is 14.4 Å². The summed E-state index contributed by atoms with van der Waals surface area (Å²) >= 11 is 0. The second kappa shape index (κ2) is 5.89. The van der Waals surface area contributed by atoms with E-state index in [9.17, 15) is 14.4 Å². The quantitative estimate of drug-likeness (QED) is 0.756. The van der Waals surface area contributed by atoms with Gasteiger partial charge in [-0.3, -0.25) is 14.5 Å². The van der Waals surface area contributed by atoms with Crippen LogP contribution in [0.3, 0.4) is 0 Å². The minimum absolute atomic E-state index is 0.0891. The molecule has 0 unspecified atom stereocenters. The Morgan fingerprint density at radius 1 is 1.32 bits per heavy atom. The summed E-state index contributed by atoms with van der Waals surface area (Å²) in [6.45, 7) is 1.18. The number of carbonyl (C=O) groups excluding carboxylic acids is 3. The third kappa shape index (κ3) is 2.96. The van der Waals surface area contributed by atoms with Crippen molar-refractivity contribution in [1.29, 1.82) is 0 Å². The molecule has 1 heterocycles. The monoisotopic (exact) mass is 307 g/mol. The number of carbonyl (C=O) groups is 3. The SMILES string of the molecule is CN(CC1CC1)C(=O)CCCN1C(=O)NC2(CCCC2)C1=O. The standard InChI is InChI=1S/C16H25N3O3/c1-18(11-12-6-7-12)13(20)5-4-10-19-14(21)16(17-15(19)22)8-2-3-9-16/h12H,2-11H2,1H3,(H,17,22). The first-order valence-corrected chi connectivity index (χ1v) is 8.40. The molecule has 2 aliphatic carbocycles. The van der Waals surface area contributed by atoms with Crippen molar-refractivity contribution in [2.75, 3.05) is 20.1 Å². The number of nitrogens with zero attached hydrogens (tertiary/aromatic N) is 2. The number of hydrogen-bond acceptors (Lipinski definition) is 3. The van der Waals surface area contributed by atoms with Gasteiger partial charge in [-0.25, -0.2) is 4.79 Å². The van der Waals surface area contributed by atoms with Gasteiger partial charge >= 0.3 is 6.03 Å². The maximum absolute atomic E-state index is 12.5. The van der Waals surface area contributed by atoms with Gasteiger partial charge < -0.3 is 10.2 Å². The predicted octanol–water partition coefficient (Wildman–Crippen LogP) is 1.50. The molecule has 22 heavy (non-hydrogen) atoms. The molecule has 6 heteroatoms. The second-order valence-corrected chi connectivity index (χ2v) is 7.00. The third-order valence-electron chi connectivity index (χ3n) is 5.13. The molecule has 122 valence electrons. The van der Waals surface area contributed by atoms with Crippen LogP contribution in [0.25, 0.3) is 0 Å². The molecule has 1 spiro atoms. The van der Waals surface area contributed by atoms with E-state index in [1.165, 1.54) is 17.7 Å². The van der Waals surface area contributed by atoms with E-state index in [2.05, 4.69) is 5.32 Å². The van der Waals surface area contributed by atoms with Crippen molar-refractivity contribution in [2.45, 2.75) is 56.9 Å². The predicted molar refractivity (Wildman–Crippen MR) is 81.0 cm³/mol. The molecule has 4 amide bonds. The molecule has 6 nitrogen and oxygen atoms in total. The highest BCUT2D eigenvalue weighted by Gasteiger charge is 2.52. The first-order chi connectivity index (χ1) is 10.5. The summed E-state index contributed by atoms with van der Waals surface area (Å²) < 4.78 is 0. The van der Waals surface area contributed by atoms with Crippen LogP contribution in [-0.4, -0.2) is 53.3 Å². The van der Waals surface area contributed by atoms with Crippen LogP contribution < -0.4 is 5.32 Å². The van der Waals surface area contributed by atoms with Crippen molar-refractivity contribution >= 4 is 17.8 Å². The molecular weight excluding hydrogens is 282 g/mol. The Balaban J connectivity index is 1.45. The van der Waals surface area contributed by atoms with Gasteiger partial charge in [0.25, 0.3) is 5.91 Å². The molecule has 3 rings (SSSR count). The molecule has 0 aromatic carbocycles. The third-order valence-corrected chi connectivity index (χ3v) is 5.13. The molecule has 0 aromatic heterocycles. The molecule has 1 saturated heterocycles. The fraction of sp³-hybridized carbons (Fsp3) is 0.812. The Morgan fingerprint density at radius 2 is 2.00 bits per heavy atom. The van der Waals surface area contributed by atoms with Gasteiger partial charge in [-0.2, -0.15) is 0 Å². The van der Waals surface area contributed by atoms with E-state index in [1.807, 2.05) is 7.05 Å². The highest BCUT2D eigenvalue weighted by atomic mass is 16.2. The summed E-state index contributed by atoms with van der Waals surface area (Å²) in [5, 5.41) is 2.87. The van der Waals surface area contributed by atoms with Gasteiger partial charge in [0.2, 0.25) is 5.91 Å². The minimum atomic E-state index is -0.635. The smallest absolute Gasteiger partial charge is 0.325 e. The lowest BCUT2D eigenvalue weighted by molar-refractivity contribution is -0.133. The van der Waals surface area contributed by atoms with Crippen molar-refractivity contribution in [2.24, 2.45) is 5.92 Å². The van der Waals surface area contributed by atoms with Crippen LogP contribution >= 0.6 is 0 Å². The molecule has 3 aliphatic rings. The van der Waals surface area contributed by atoms with Gasteiger partial charge in [0.05, 0.1) is 0 Å². The summed E-state index contributed by atoms with van der Waals surface area (Å²) in [7, 11) is 1.84. The van der Waals surface area contributed by atoms with Gasteiger partial charge in [-0.15, -0.1) is 0 Å². The first-order valence-electron chi connectivity index (χ1n) is 8.40. The average molecular weight is 307 g/mol. The molecule has 3 fully saturated rings. The maximum atomic E-state index is 12.5. The molecule has 0 bridgehead atoms. The molecular formula is C16H25N3O3. The molecule has 2 saturated carbocycles. The Labute approximate surface area is 131 Å². The van der Waals surface area contributed by atoms with Gasteiger partial charge in [0.15, 0.2) is 0 Å². The summed E-state index contributed by atoms with van der Waals surface area (Å²) in [5.74, 6) is 0.699. The van der Waals surface area contributed by atoms with Crippen LogP contribution in [0.15, 0.2) is 0 Å². The zero-order valence-corrected chi connectivity index (χ0v) is 13.3. The van der Waals surface area contributed by atoms with E-state index in [0.29, 0.717) is 25.3 Å². The molecule has 1 aliphatic heterocycles. The number of nitrogens with one attached hydrogen (secondary N) is 1. The molecule has 1 N–H and O–H groups in total. The number of hydrogen-bond donors (Lipinski definition) is 1. The zero-order valence-electron chi connectivity index (χ0n) is 13.3. The number of rotatable bonds is 6. The van der Waals surface area contributed by atoms with E-state index < -0.39 is 5.54 Å². The highest BCUT2D eigenvalue weighted by Crippen LogP contribution is 2.35. The van der Waals surface area contributed by atoms with Crippen molar-refractivity contribution in [3.63, 3.8) is 0 Å². The van der Waals surface area contributed by atoms with Gasteiger partial charge in [0, 0.05) is 26.6 Å². The van der Waals surface area contributed by atoms with E-state index in [0.717, 1.165) is 32.2 Å². The van der Waals surface area contributed by atoms with Crippen LogP contribution in [0.5, 0.6) is 0 Å². The number of amides is 4. The Hall–Kier alpha value is -1.59. The van der Waals surface area contributed by atoms with Crippen LogP contribution in [0.2, 0.25) is 0 Å². The summed E-state index contributed by atoms with van der Waals surface area (Å²) in [5.41, 5.74) is -0.635. The van der Waals surface area contributed by atoms with E-state index >= 15 is 0 Å². The first kappa shape index (κ1) is 15.3. The van der Waals surface area contributed by atoms with E-state index in [4.69, 9.17) is 0 Å². The van der Waals surface area contributed by atoms with Gasteiger partial charge in [-0.1, -0.05) is 12.8 Å². The summed E-state index contributed by atoms with van der Waals surface area (Å²) in [6, 6.07) is -0.286. The fourth-order valence-corrected chi connectivity index (χ4v) is 3.57. The topological polar surface area (TPSA) is 69.7 Å². The van der Waals surface area contributed by atoms with Crippen molar-refractivity contribution in [3.05, 3.63) is 0 Å². The molecule has 0 aromatic rings. The largest absolute Gasteiger partial charge is 0.345 e. The average Bonchev–Trinajstić information content (AvgIpc) is 3.12. The van der Waals surface area contributed by atoms with Crippen LogP contribution in [0.1, 0.15) is 51.4 Å². The van der Waals surface area contributed by atoms with Crippen LogP contribution in [-0.2, 0) is 9.59 Å². The lowest BCUT2D eigenvalue weighted by Gasteiger charge is -2.20. The van der Waals surface area contributed by atoms with Crippen molar-refractivity contribution in [1.82, 2.24) is 15.1 Å². The van der Waals surface area contributed by atoms with E-state index in [-0.39, 0.29) is 17.8 Å². The highest BCUT2D eigenvalue weighted by molar-refractivity contribution is 6.07. The number of urea groups is 1. The zero-order chi connectivity index (χ0) is 15.7. The van der Waals surface area contributed by atoms with Crippen molar-refractivity contribution in [3.8, 4) is 0 Å². The minimum Gasteiger partial charge on any atom is -0.345 e. The Bertz CT molecular complexity index is 481. The van der Waals surface area contributed by atoms with Crippen LogP contribution in [0, 0.1) is 5.92 Å². The fourth-order valence-electron chi connectivity index (χ4n) is 3.57. The number of imide groups is 1. The Kier molecular flexibility index (Phi) is 4.10. The van der Waals surface area contributed by atoms with Gasteiger partial charge in [-0.05, 0) is 38.0 Å². The van der Waals surface area contributed by atoms with Gasteiger partial charge in [0.1, 0.15) is 5.54 Å². The summed E-state index contributed by atoms with van der Waals surface area (Å²) in [4.78, 5) is 39.6. The normalized spacial score (nSPS) is 23.2. The summed E-state index contributed by atoms with van der Waals surface area (Å²) in [6.07, 6.45) is 6.86. The molecule has 0 atom stereocenters.